The third kappa shape index (κ3) is 6.02. The van der Waals surface area contributed by atoms with Crippen LogP contribution in [0.15, 0.2) is 6.20 Å². The molecule has 0 aromatic carbocycles. The Kier molecular flexibility index (Phi) is 7.38. The van der Waals surface area contributed by atoms with Crippen molar-refractivity contribution in [2.45, 2.75) is 32.8 Å². The van der Waals surface area contributed by atoms with E-state index in [0.717, 1.165) is 0 Å². The Balaban J connectivity index is 2.24. The zero-order chi connectivity index (χ0) is 21.8. The summed E-state index contributed by atoms with van der Waals surface area (Å²) in [5, 5.41) is 8.74. The van der Waals surface area contributed by atoms with Gasteiger partial charge in [0.15, 0.2) is 11.0 Å². The van der Waals surface area contributed by atoms with Crippen molar-refractivity contribution in [3.63, 3.8) is 0 Å². The zero-order valence-electron chi connectivity index (χ0n) is 16.5. The van der Waals surface area contributed by atoms with E-state index in [-0.39, 0.29) is 35.5 Å². The van der Waals surface area contributed by atoms with Gasteiger partial charge in [0.25, 0.3) is 0 Å². The summed E-state index contributed by atoms with van der Waals surface area (Å²) in [6.45, 7) is 6.08. The molecule has 0 atom stereocenters. The van der Waals surface area contributed by atoms with Gasteiger partial charge < -0.3 is 14.5 Å². The highest BCUT2D eigenvalue weighted by molar-refractivity contribution is 6.30. The monoisotopic (exact) mass is 442 g/mol. The smallest absolute Gasteiger partial charge is 0.410 e. The molecule has 29 heavy (non-hydrogen) atoms. The molecule has 0 bridgehead atoms. The molecule has 0 fully saturated rings. The first-order chi connectivity index (χ1) is 13.5. The molecule has 11 heteroatoms. The third-order valence-electron chi connectivity index (χ3n) is 3.81. The van der Waals surface area contributed by atoms with Gasteiger partial charge in [0.05, 0.1) is 17.9 Å². The molecular weight excluding hydrogens is 422 g/mol. The number of carbonyl (C=O) groups excluding carboxylic acids is 1. The van der Waals surface area contributed by atoms with Crippen molar-refractivity contribution in [1.29, 1.82) is 5.26 Å². The molecular formula is C18H21Cl2FN6O2. The van der Waals surface area contributed by atoms with E-state index in [1.165, 1.54) is 11.1 Å². The maximum atomic E-state index is 14.3. The predicted octanol–water partition coefficient (Wildman–Crippen LogP) is 4.06. The van der Waals surface area contributed by atoms with E-state index in [1.807, 2.05) is 6.07 Å². The molecule has 0 saturated heterocycles. The number of likely N-dealkylation sites (N-methyl/N-ethyl adjacent to an activating group) is 1. The van der Waals surface area contributed by atoms with E-state index >= 15 is 0 Å². The van der Waals surface area contributed by atoms with E-state index in [0.29, 0.717) is 17.7 Å². The van der Waals surface area contributed by atoms with E-state index < -0.39 is 17.5 Å². The number of pyridine rings is 1. The second-order valence-corrected chi connectivity index (χ2v) is 7.93. The van der Waals surface area contributed by atoms with Crippen LogP contribution < -0.4 is 4.90 Å². The number of halogens is 3. The lowest BCUT2D eigenvalue weighted by molar-refractivity contribution is 0.0259. The zero-order valence-corrected chi connectivity index (χ0v) is 18.1. The molecule has 0 N–H and O–H groups in total. The molecule has 0 saturated carbocycles. The number of nitrogens with zero attached hydrogens (tertiary/aromatic N) is 6. The maximum absolute atomic E-state index is 14.3. The van der Waals surface area contributed by atoms with Crippen molar-refractivity contribution in [2.75, 3.05) is 31.6 Å². The highest BCUT2D eigenvalue weighted by Crippen LogP contribution is 2.28. The molecule has 2 aromatic heterocycles. The molecule has 2 heterocycles. The Hall–Kier alpha value is -2.44. The van der Waals surface area contributed by atoms with Crippen molar-refractivity contribution in [3.8, 4) is 6.07 Å². The minimum absolute atomic E-state index is 0.0414. The van der Waals surface area contributed by atoms with Crippen molar-refractivity contribution in [2.24, 2.45) is 0 Å². The van der Waals surface area contributed by atoms with Gasteiger partial charge in [0.2, 0.25) is 5.28 Å². The first-order valence-corrected chi connectivity index (χ1v) is 9.52. The van der Waals surface area contributed by atoms with Crippen LogP contribution in [0, 0.1) is 17.1 Å². The number of hydrogen-bond acceptors (Lipinski definition) is 7. The second kappa shape index (κ2) is 9.37. The summed E-state index contributed by atoms with van der Waals surface area (Å²) in [7, 11) is 1.71. The first-order valence-electron chi connectivity index (χ1n) is 8.76. The van der Waals surface area contributed by atoms with Crippen LogP contribution >= 0.6 is 23.2 Å². The quantitative estimate of drug-likeness (QED) is 0.491. The minimum atomic E-state index is -0.785. The minimum Gasteiger partial charge on any atom is -0.444 e. The highest BCUT2D eigenvalue weighted by atomic mass is 35.5. The molecule has 0 aliphatic rings. The SMILES string of the molecule is CN(CCN(CCC#N)C(=O)OC(C)(C)C)c1nc(Cl)nc2c(F)c(Cl)ncc12. The first kappa shape index (κ1) is 22.8. The van der Waals surface area contributed by atoms with Crippen LogP contribution in [0.4, 0.5) is 15.0 Å². The van der Waals surface area contributed by atoms with E-state index in [9.17, 15) is 9.18 Å². The summed E-state index contributed by atoms with van der Waals surface area (Å²) >= 11 is 11.7. The van der Waals surface area contributed by atoms with Gasteiger partial charge in [-0.15, -0.1) is 0 Å². The number of aromatic nitrogens is 3. The highest BCUT2D eigenvalue weighted by Gasteiger charge is 2.23. The van der Waals surface area contributed by atoms with Gasteiger partial charge in [-0.1, -0.05) is 11.6 Å². The van der Waals surface area contributed by atoms with Gasteiger partial charge in [-0.2, -0.15) is 10.2 Å². The third-order valence-corrected chi connectivity index (χ3v) is 4.24. The van der Waals surface area contributed by atoms with Gasteiger partial charge in [-0.05, 0) is 32.4 Å². The molecule has 2 aromatic rings. The van der Waals surface area contributed by atoms with Crippen LogP contribution in [0.1, 0.15) is 27.2 Å². The summed E-state index contributed by atoms with van der Waals surface area (Å²) in [6.07, 6.45) is 1.01. The summed E-state index contributed by atoms with van der Waals surface area (Å²) in [4.78, 5) is 27.4. The molecule has 0 spiro atoms. The summed E-state index contributed by atoms with van der Waals surface area (Å²) in [5.74, 6) is -0.444. The van der Waals surface area contributed by atoms with Crippen molar-refractivity contribution in [1.82, 2.24) is 19.9 Å². The van der Waals surface area contributed by atoms with Crippen LogP contribution in [0.5, 0.6) is 0 Å². The molecule has 0 radical (unpaired) electrons. The normalized spacial score (nSPS) is 11.2. The number of fused-ring (bicyclic) bond motifs is 1. The predicted molar refractivity (Wildman–Crippen MR) is 109 cm³/mol. The number of carbonyl (C=O) groups is 1. The second-order valence-electron chi connectivity index (χ2n) is 7.24. The molecule has 1 amide bonds. The van der Waals surface area contributed by atoms with E-state index in [1.54, 1.807) is 32.7 Å². The number of rotatable bonds is 6. The lowest BCUT2D eigenvalue weighted by atomic mass is 10.2. The Bertz CT molecular complexity index is 945. The summed E-state index contributed by atoms with van der Waals surface area (Å²) < 4.78 is 19.7. The van der Waals surface area contributed by atoms with E-state index in [4.69, 9.17) is 33.2 Å². The maximum Gasteiger partial charge on any atom is 0.410 e. The molecule has 156 valence electrons. The Labute approximate surface area is 178 Å². The fourth-order valence-electron chi connectivity index (χ4n) is 2.47. The number of nitriles is 1. The molecule has 2 rings (SSSR count). The topological polar surface area (TPSA) is 95.2 Å². The summed E-state index contributed by atoms with van der Waals surface area (Å²) in [6, 6.07) is 2.01. The van der Waals surface area contributed by atoms with Crippen molar-refractivity contribution in [3.05, 3.63) is 22.5 Å². The Morgan fingerprint density at radius 2 is 1.97 bits per heavy atom. The fourth-order valence-corrected chi connectivity index (χ4v) is 2.77. The van der Waals surface area contributed by atoms with Crippen LogP contribution in [0.25, 0.3) is 10.9 Å². The standard InChI is InChI=1S/C18H21Cl2FN6O2/c1-18(2,3)29-17(28)27(7-5-6-22)9-8-26(4)15-11-10-23-14(19)12(21)13(11)24-16(20)25-15/h10H,5,7-9H2,1-4H3. The van der Waals surface area contributed by atoms with E-state index in [2.05, 4.69) is 15.0 Å². The van der Waals surface area contributed by atoms with Crippen LogP contribution in [-0.2, 0) is 4.74 Å². The molecule has 8 nitrogen and oxygen atoms in total. The van der Waals surface area contributed by atoms with Gasteiger partial charge in [0.1, 0.15) is 16.9 Å². The van der Waals surface area contributed by atoms with Gasteiger partial charge in [-0.3, -0.25) is 0 Å². The van der Waals surface area contributed by atoms with Crippen molar-refractivity contribution < 1.29 is 13.9 Å². The number of ether oxygens (including phenoxy) is 1. The fraction of sp³-hybridized carbons (Fsp3) is 0.500. The Morgan fingerprint density at radius 1 is 1.28 bits per heavy atom. The Morgan fingerprint density at radius 3 is 2.59 bits per heavy atom. The average Bonchev–Trinajstić information content (AvgIpc) is 2.62. The van der Waals surface area contributed by atoms with Crippen LogP contribution in [-0.4, -0.2) is 58.2 Å². The summed E-state index contributed by atoms with van der Waals surface area (Å²) in [5.41, 5.74) is -0.701. The van der Waals surface area contributed by atoms with Gasteiger partial charge in [0, 0.05) is 32.9 Å². The lowest BCUT2D eigenvalue weighted by Gasteiger charge is -2.29. The molecule has 0 unspecified atom stereocenters. The number of anilines is 1. The largest absolute Gasteiger partial charge is 0.444 e. The van der Waals surface area contributed by atoms with Gasteiger partial charge >= 0.3 is 6.09 Å². The van der Waals surface area contributed by atoms with Gasteiger partial charge in [-0.25, -0.2) is 19.2 Å². The molecule has 0 aliphatic carbocycles. The number of amides is 1. The van der Waals surface area contributed by atoms with Crippen LogP contribution in [0.2, 0.25) is 10.4 Å². The van der Waals surface area contributed by atoms with Crippen molar-refractivity contribution >= 4 is 46.0 Å². The lowest BCUT2D eigenvalue weighted by Crippen LogP contribution is -2.41. The molecule has 0 aliphatic heterocycles. The average molecular weight is 443 g/mol. The van der Waals surface area contributed by atoms with Crippen LogP contribution in [0.3, 0.4) is 0 Å². The number of hydrogen-bond donors (Lipinski definition) is 0.